The zero-order chi connectivity index (χ0) is 18.2. The Balaban J connectivity index is 3.19. The van der Waals surface area contributed by atoms with Gasteiger partial charge in [0.05, 0.1) is 0 Å². The molecule has 1 saturated heterocycles. The Bertz CT molecular complexity index is 384. The molecule has 0 bridgehead atoms. The Hall–Kier alpha value is 0.884. The topological polar surface area (TPSA) is 46.2 Å². The smallest absolute Gasteiger partial charge is 0.317 e. The van der Waals surface area contributed by atoms with Crippen molar-refractivity contribution in [3.8, 4) is 0 Å². The van der Waals surface area contributed by atoms with E-state index in [4.69, 9.17) is 20.6 Å². The summed E-state index contributed by atoms with van der Waals surface area (Å²) in [6.07, 6.45) is 2.26. The van der Waals surface area contributed by atoms with Crippen molar-refractivity contribution in [2.24, 2.45) is 0 Å². The molecule has 1 aliphatic heterocycles. The highest BCUT2D eigenvalue weighted by atomic mass is 28.5. The number of hydrogen-bond donors (Lipinski definition) is 0. The first-order chi connectivity index (χ1) is 10.1. The molecule has 23 heavy (non-hydrogen) atoms. The third-order valence-corrected chi connectivity index (χ3v) is 23.8. The van der Waals surface area contributed by atoms with E-state index >= 15 is 0 Å². The van der Waals surface area contributed by atoms with Crippen LogP contribution >= 0.6 is 0 Å². The van der Waals surface area contributed by atoms with Gasteiger partial charge in [-0.15, -0.1) is 0 Å². The van der Waals surface area contributed by atoms with Gasteiger partial charge in [-0.3, -0.25) is 0 Å². The van der Waals surface area contributed by atoms with Crippen molar-refractivity contribution in [2.75, 3.05) is 0 Å². The maximum atomic E-state index is 6.60. The van der Waals surface area contributed by atoms with Crippen LogP contribution in [0.1, 0.15) is 19.8 Å². The third kappa shape index (κ3) is 7.75. The molecule has 0 N–H and O–H groups in total. The lowest BCUT2D eigenvalue weighted by molar-refractivity contribution is 0.235. The molecule has 0 aromatic carbocycles. The summed E-state index contributed by atoms with van der Waals surface area (Å²) in [6.45, 7) is 21.3. The molecule has 10 heteroatoms. The van der Waals surface area contributed by atoms with E-state index in [-0.39, 0.29) is 0 Å². The fourth-order valence-electron chi connectivity index (χ4n) is 3.52. The van der Waals surface area contributed by atoms with Gasteiger partial charge in [0.25, 0.3) is 0 Å². The van der Waals surface area contributed by atoms with Gasteiger partial charge in [0.2, 0.25) is 0 Å². The van der Waals surface area contributed by atoms with Crippen LogP contribution < -0.4 is 0 Å². The fraction of sp³-hybridized carbons (Fsp3) is 1.00. The van der Waals surface area contributed by atoms with Gasteiger partial charge in [-0.2, -0.15) is 0 Å². The largest absolute Gasteiger partial charge is 0.416 e. The van der Waals surface area contributed by atoms with Gasteiger partial charge in [0, 0.05) is 0 Å². The van der Waals surface area contributed by atoms with Crippen molar-refractivity contribution < 1.29 is 20.6 Å². The minimum absolute atomic E-state index is 0.994. The molecule has 1 aliphatic rings. The van der Waals surface area contributed by atoms with Crippen molar-refractivity contribution in [1.82, 2.24) is 0 Å². The van der Waals surface area contributed by atoms with Crippen molar-refractivity contribution in [1.29, 1.82) is 0 Å². The van der Waals surface area contributed by atoms with Gasteiger partial charge in [-0.1, -0.05) is 19.8 Å². The summed E-state index contributed by atoms with van der Waals surface area (Å²) in [7, 11) is -11.5. The highest BCUT2D eigenvalue weighted by molar-refractivity contribution is 6.93. The molecule has 0 amide bonds. The monoisotopic (exact) mass is 412 g/mol. The maximum Gasteiger partial charge on any atom is 0.317 e. The summed E-state index contributed by atoms with van der Waals surface area (Å²) in [6, 6.07) is 0.994. The van der Waals surface area contributed by atoms with Crippen LogP contribution in [0.2, 0.25) is 65.0 Å². The average Bonchev–Trinajstić information content (AvgIpc) is 2.16. The van der Waals surface area contributed by atoms with Crippen LogP contribution in [0.5, 0.6) is 0 Å². The normalized spacial score (nSPS) is 29.0. The van der Waals surface area contributed by atoms with E-state index < -0.39 is 42.8 Å². The highest BCUT2D eigenvalue weighted by Gasteiger charge is 2.52. The van der Waals surface area contributed by atoms with E-state index in [9.17, 15) is 0 Å². The summed E-state index contributed by atoms with van der Waals surface area (Å²) >= 11 is 0. The van der Waals surface area contributed by atoms with Gasteiger partial charge in [0.15, 0.2) is 0 Å². The quantitative estimate of drug-likeness (QED) is 0.625. The minimum Gasteiger partial charge on any atom is -0.416 e. The summed E-state index contributed by atoms with van der Waals surface area (Å²) in [5.41, 5.74) is 0. The van der Waals surface area contributed by atoms with Crippen LogP contribution in [0.3, 0.4) is 0 Å². The second-order valence-electron chi connectivity index (χ2n) is 8.35. The van der Waals surface area contributed by atoms with E-state index in [1.165, 1.54) is 0 Å². The molecule has 138 valence electrons. The Morgan fingerprint density at radius 3 is 1.13 bits per heavy atom. The minimum atomic E-state index is -2.33. The van der Waals surface area contributed by atoms with Crippen molar-refractivity contribution in [3.05, 3.63) is 0 Å². The second-order valence-corrected chi connectivity index (χ2v) is 26.4. The summed E-state index contributed by atoms with van der Waals surface area (Å²) in [5.74, 6) is 0. The predicted octanol–water partition coefficient (Wildman–Crippen LogP) is 4.76. The lowest BCUT2D eigenvalue weighted by Crippen LogP contribution is -2.64. The van der Waals surface area contributed by atoms with Crippen molar-refractivity contribution in [2.45, 2.75) is 84.7 Å². The zero-order valence-corrected chi connectivity index (χ0v) is 21.7. The van der Waals surface area contributed by atoms with E-state index in [0.29, 0.717) is 0 Å². The number of rotatable bonds is 3. The maximum absolute atomic E-state index is 6.60. The molecule has 0 aliphatic carbocycles. The average molecular weight is 413 g/mol. The van der Waals surface area contributed by atoms with Crippen LogP contribution in [0.4, 0.5) is 0 Å². The van der Waals surface area contributed by atoms with Gasteiger partial charge in [-0.25, -0.2) is 0 Å². The molecule has 0 unspecified atom stereocenters. The fourth-order valence-corrected chi connectivity index (χ4v) is 30.6. The molecule has 1 rings (SSSR count). The van der Waals surface area contributed by atoms with Crippen LogP contribution in [-0.4, -0.2) is 42.8 Å². The van der Waals surface area contributed by atoms with Gasteiger partial charge >= 0.3 is 42.8 Å². The predicted molar refractivity (Wildman–Crippen MR) is 107 cm³/mol. The molecule has 5 nitrogen and oxygen atoms in total. The molecule has 0 aromatic heterocycles. The zero-order valence-electron chi connectivity index (χ0n) is 16.7. The molecule has 0 spiro atoms. The molecular weight excluding hydrogens is 377 g/mol. The summed E-state index contributed by atoms with van der Waals surface area (Å²) in [5, 5.41) is 0. The van der Waals surface area contributed by atoms with Gasteiger partial charge < -0.3 is 20.6 Å². The summed E-state index contributed by atoms with van der Waals surface area (Å²) in [4.78, 5) is 0. The van der Waals surface area contributed by atoms with E-state index in [2.05, 4.69) is 65.8 Å². The van der Waals surface area contributed by atoms with Crippen LogP contribution in [0, 0.1) is 0 Å². The Labute approximate surface area is 148 Å². The number of unbranched alkanes of at least 4 members (excludes halogenated alkanes) is 1. The van der Waals surface area contributed by atoms with E-state index in [1.54, 1.807) is 0 Å². The molecule has 1 fully saturated rings. The molecular formula is C13H36O5Si5. The first kappa shape index (κ1) is 21.9. The number of hydrogen-bond acceptors (Lipinski definition) is 5. The van der Waals surface area contributed by atoms with Crippen LogP contribution in [0.15, 0.2) is 0 Å². The van der Waals surface area contributed by atoms with Gasteiger partial charge in [0.1, 0.15) is 0 Å². The third-order valence-electron chi connectivity index (χ3n) is 3.38. The SMILES string of the molecule is CCCC[Si]1(C)O[Si](C)(C)O[Si](C)(C)O[Si](C)(C)O[Si](C)(C)O1. The molecule has 1 heterocycles. The lowest BCUT2D eigenvalue weighted by atomic mass is 10.4. The highest BCUT2D eigenvalue weighted by Crippen LogP contribution is 2.32. The van der Waals surface area contributed by atoms with E-state index in [0.717, 1.165) is 18.9 Å². The first-order valence-corrected chi connectivity index (χ1v) is 22.4. The molecule has 0 radical (unpaired) electrons. The Morgan fingerprint density at radius 2 is 0.826 bits per heavy atom. The van der Waals surface area contributed by atoms with Crippen molar-refractivity contribution in [3.63, 3.8) is 0 Å². The lowest BCUT2D eigenvalue weighted by Gasteiger charge is -2.47. The molecule has 0 atom stereocenters. The first-order valence-electron chi connectivity index (χ1n) is 8.60. The second kappa shape index (κ2) is 7.25. The standard InChI is InChI=1S/C13H36O5Si5/c1-11-12-13-23(10)17-21(6,7)15-19(2,3)14-20(4,5)16-22(8,9)18-23/h11-13H2,1-10H3. The molecule has 0 saturated carbocycles. The molecule has 0 aromatic rings. The van der Waals surface area contributed by atoms with Gasteiger partial charge in [-0.05, 0) is 65.0 Å². The van der Waals surface area contributed by atoms with Crippen LogP contribution in [0.25, 0.3) is 0 Å². The summed E-state index contributed by atoms with van der Waals surface area (Å²) < 4.78 is 32.5. The Kier molecular flexibility index (Phi) is 6.91. The van der Waals surface area contributed by atoms with E-state index in [1.807, 2.05) is 0 Å². The Morgan fingerprint density at radius 1 is 0.522 bits per heavy atom. The van der Waals surface area contributed by atoms with Crippen molar-refractivity contribution >= 4 is 42.8 Å². The van der Waals surface area contributed by atoms with Crippen LogP contribution in [-0.2, 0) is 20.6 Å².